The summed E-state index contributed by atoms with van der Waals surface area (Å²) in [6, 6.07) is 18.8. The highest BCUT2D eigenvalue weighted by atomic mass is 19.4. The lowest BCUT2D eigenvalue weighted by atomic mass is 10.0. The van der Waals surface area contributed by atoms with E-state index in [2.05, 4.69) is 11.0 Å². The fourth-order valence-electron chi connectivity index (χ4n) is 3.42. The number of fused-ring (bicyclic) bond motifs is 1. The third-order valence-electron chi connectivity index (χ3n) is 5.01. The first kappa shape index (κ1) is 23.6. The number of rotatable bonds is 4. The predicted octanol–water partition coefficient (Wildman–Crippen LogP) is 6.77. The van der Waals surface area contributed by atoms with Crippen molar-refractivity contribution in [3.63, 3.8) is 0 Å². The third-order valence-corrected chi connectivity index (χ3v) is 5.01. The maximum Gasteiger partial charge on any atom is 0.416 e. The van der Waals surface area contributed by atoms with Gasteiger partial charge in [0.2, 0.25) is 0 Å². The number of alkyl halides is 3. The van der Waals surface area contributed by atoms with E-state index in [-0.39, 0.29) is 0 Å². The van der Waals surface area contributed by atoms with Gasteiger partial charge in [0.25, 0.3) is 0 Å². The Bertz CT molecular complexity index is 1000. The Morgan fingerprint density at radius 2 is 1.69 bits per heavy atom. The molecule has 3 aromatic rings. The monoisotopic (exact) mass is 446 g/mol. The Hall–Kier alpha value is -3.03. The Morgan fingerprint density at radius 3 is 2.41 bits per heavy atom. The van der Waals surface area contributed by atoms with Crippen molar-refractivity contribution in [1.82, 2.24) is 0 Å². The van der Waals surface area contributed by atoms with Gasteiger partial charge in [-0.05, 0) is 65.8 Å². The van der Waals surface area contributed by atoms with E-state index in [1.807, 2.05) is 36.4 Å². The largest absolute Gasteiger partial charge is 0.493 e. The van der Waals surface area contributed by atoms with Gasteiger partial charge in [0.05, 0.1) is 19.3 Å². The van der Waals surface area contributed by atoms with Crippen molar-refractivity contribution >= 4 is 0 Å². The van der Waals surface area contributed by atoms with Crippen LogP contribution in [0, 0.1) is 0 Å². The van der Waals surface area contributed by atoms with E-state index < -0.39 is 11.7 Å². The Balaban J connectivity index is 0.000000913. The second-order valence-corrected chi connectivity index (χ2v) is 7.32. The molecular formula is C25H25F3O4. The number of aryl methyl sites for hydroxylation is 1. The van der Waals surface area contributed by atoms with Crippen LogP contribution in [-0.4, -0.2) is 19.0 Å². The Labute approximate surface area is 185 Å². The fourth-order valence-corrected chi connectivity index (χ4v) is 3.42. The molecule has 3 aromatic carbocycles. The smallest absolute Gasteiger partial charge is 0.416 e. The third kappa shape index (κ3) is 6.48. The maximum absolute atomic E-state index is 12.8. The minimum atomic E-state index is -4.33. The highest BCUT2D eigenvalue weighted by Gasteiger charge is 2.29. The molecule has 0 aliphatic carbocycles. The van der Waals surface area contributed by atoms with Crippen molar-refractivity contribution in [2.24, 2.45) is 0 Å². The quantitative estimate of drug-likeness (QED) is 0.355. The van der Waals surface area contributed by atoms with Crippen LogP contribution in [0.25, 0.3) is 11.1 Å². The molecule has 1 aliphatic rings. The molecule has 0 radical (unpaired) electrons. The molecule has 7 heteroatoms. The standard InChI is InChI=1S/C24H21F3O2.CH4O2/c25-24(26,27)21-10-7-18(8-11-21)20-6-3-4-17(14-20)16-29-22-12-9-19-5-1-2-13-28-23(19)15-22;1-3-2/h3-4,6-12,14-15H,1-2,5,13,16H2;2H,1H3. The molecular weight excluding hydrogens is 421 g/mol. The first-order valence-electron chi connectivity index (χ1n) is 10.2. The van der Waals surface area contributed by atoms with Gasteiger partial charge in [-0.3, -0.25) is 5.26 Å². The van der Waals surface area contributed by atoms with E-state index in [0.29, 0.717) is 6.61 Å². The number of hydrogen-bond acceptors (Lipinski definition) is 4. The van der Waals surface area contributed by atoms with Gasteiger partial charge >= 0.3 is 6.18 Å². The second kappa shape index (κ2) is 11.0. The molecule has 1 heterocycles. The van der Waals surface area contributed by atoms with Crippen LogP contribution in [0.15, 0.2) is 66.7 Å². The molecule has 0 bridgehead atoms. The van der Waals surface area contributed by atoms with E-state index in [1.165, 1.54) is 24.8 Å². The normalized spacial score (nSPS) is 13.2. The van der Waals surface area contributed by atoms with Gasteiger partial charge in [-0.1, -0.05) is 36.4 Å². The van der Waals surface area contributed by atoms with Crippen LogP contribution < -0.4 is 9.47 Å². The van der Waals surface area contributed by atoms with Crippen LogP contribution in [0.4, 0.5) is 13.2 Å². The Kier molecular flexibility index (Phi) is 8.14. The predicted molar refractivity (Wildman–Crippen MR) is 116 cm³/mol. The van der Waals surface area contributed by atoms with Crippen LogP contribution in [0.3, 0.4) is 0 Å². The minimum Gasteiger partial charge on any atom is -0.493 e. The molecule has 4 rings (SSSR count). The van der Waals surface area contributed by atoms with Crippen molar-refractivity contribution < 1.29 is 32.8 Å². The van der Waals surface area contributed by atoms with Crippen molar-refractivity contribution in [3.05, 3.63) is 83.4 Å². The lowest BCUT2D eigenvalue weighted by Gasteiger charge is -2.12. The van der Waals surface area contributed by atoms with E-state index in [9.17, 15) is 13.2 Å². The summed E-state index contributed by atoms with van der Waals surface area (Å²) in [5.41, 5.74) is 3.09. The molecule has 4 nitrogen and oxygen atoms in total. The molecule has 32 heavy (non-hydrogen) atoms. The van der Waals surface area contributed by atoms with E-state index >= 15 is 0 Å². The minimum absolute atomic E-state index is 0.368. The van der Waals surface area contributed by atoms with E-state index in [1.54, 1.807) is 0 Å². The summed E-state index contributed by atoms with van der Waals surface area (Å²) in [7, 11) is 1.18. The molecule has 0 unspecified atom stereocenters. The van der Waals surface area contributed by atoms with Crippen LogP contribution >= 0.6 is 0 Å². The zero-order chi connectivity index (χ0) is 23.0. The number of benzene rings is 3. The SMILES string of the molecule is COO.FC(F)(F)c1ccc(-c2cccc(COc3ccc4c(c3)OCCCC4)c2)cc1. The summed E-state index contributed by atoms with van der Waals surface area (Å²) in [5.74, 6) is 1.63. The average Bonchev–Trinajstić information content (AvgIpc) is 3.03. The number of hydrogen-bond donors (Lipinski definition) is 1. The van der Waals surface area contributed by atoms with E-state index in [4.69, 9.17) is 14.7 Å². The lowest BCUT2D eigenvalue weighted by molar-refractivity contribution is -0.214. The van der Waals surface area contributed by atoms with Gasteiger partial charge in [-0.25, -0.2) is 4.89 Å². The number of ether oxygens (including phenoxy) is 2. The molecule has 0 aromatic heterocycles. The number of halogens is 3. The van der Waals surface area contributed by atoms with Crippen molar-refractivity contribution in [2.75, 3.05) is 13.7 Å². The molecule has 0 amide bonds. The zero-order valence-corrected chi connectivity index (χ0v) is 17.7. The van der Waals surface area contributed by atoms with Gasteiger partial charge < -0.3 is 9.47 Å². The molecule has 0 spiro atoms. The summed E-state index contributed by atoms with van der Waals surface area (Å²) in [6.45, 7) is 1.10. The molecule has 0 saturated carbocycles. The molecule has 1 aliphatic heterocycles. The average molecular weight is 446 g/mol. The topological polar surface area (TPSA) is 47.9 Å². The zero-order valence-electron chi connectivity index (χ0n) is 17.7. The van der Waals surface area contributed by atoms with Crippen molar-refractivity contribution in [2.45, 2.75) is 32.0 Å². The van der Waals surface area contributed by atoms with Gasteiger partial charge in [0.15, 0.2) is 0 Å². The molecule has 0 atom stereocenters. The van der Waals surface area contributed by atoms with Gasteiger partial charge in [0.1, 0.15) is 18.1 Å². The van der Waals surface area contributed by atoms with Crippen LogP contribution in [0.2, 0.25) is 0 Å². The molecule has 1 N–H and O–H groups in total. The highest BCUT2D eigenvalue weighted by molar-refractivity contribution is 5.64. The maximum atomic E-state index is 12.8. The summed E-state index contributed by atoms with van der Waals surface area (Å²) in [4.78, 5) is 3.25. The summed E-state index contributed by atoms with van der Waals surface area (Å²) >= 11 is 0. The van der Waals surface area contributed by atoms with Crippen LogP contribution in [0.1, 0.15) is 29.5 Å². The summed E-state index contributed by atoms with van der Waals surface area (Å²) in [5, 5.41) is 7.07. The summed E-state index contributed by atoms with van der Waals surface area (Å²) in [6.07, 6.45) is -1.12. The van der Waals surface area contributed by atoms with Crippen molar-refractivity contribution in [3.8, 4) is 22.6 Å². The van der Waals surface area contributed by atoms with E-state index in [0.717, 1.165) is 66.2 Å². The van der Waals surface area contributed by atoms with Gasteiger partial charge in [0, 0.05) is 6.07 Å². The summed E-state index contributed by atoms with van der Waals surface area (Å²) < 4.78 is 50.0. The highest BCUT2D eigenvalue weighted by Crippen LogP contribution is 2.32. The first-order chi connectivity index (χ1) is 15.4. The second-order valence-electron chi connectivity index (χ2n) is 7.32. The molecule has 0 saturated heterocycles. The van der Waals surface area contributed by atoms with Crippen LogP contribution in [-0.2, 0) is 24.1 Å². The van der Waals surface area contributed by atoms with Gasteiger partial charge in [-0.15, -0.1) is 0 Å². The molecule has 170 valence electrons. The van der Waals surface area contributed by atoms with Crippen LogP contribution in [0.5, 0.6) is 11.5 Å². The Morgan fingerprint density at radius 1 is 0.938 bits per heavy atom. The first-order valence-corrected chi connectivity index (χ1v) is 10.2. The molecule has 0 fully saturated rings. The van der Waals surface area contributed by atoms with Gasteiger partial charge in [-0.2, -0.15) is 13.2 Å². The fraction of sp³-hybridized carbons (Fsp3) is 0.280. The van der Waals surface area contributed by atoms with Crippen molar-refractivity contribution in [1.29, 1.82) is 0 Å². The lowest BCUT2D eigenvalue weighted by Crippen LogP contribution is -2.04.